The molecular formula is C23H24N2O4. The molecule has 0 saturated carbocycles. The minimum atomic E-state index is -0.470. The van der Waals surface area contributed by atoms with E-state index in [1.807, 2.05) is 48.5 Å². The molecule has 3 aromatic rings. The summed E-state index contributed by atoms with van der Waals surface area (Å²) in [4.78, 5) is 23.2. The Labute approximate surface area is 169 Å². The number of esters is 1. The predicted molar refractivity (Wildman–Crippen MR) is 111 cm³/mol. The Morgan fingerprint density at radius 1 is 0.966 bits per heavy atom. The summed E-state index contributed by atoms with van der Waals surface area (Å²) >= 11 is 0. The number of ether oxygens (including phenoxy) is 2. The number of rotatable bonds is 8. The lowest BCUT2D eigenvalue weighted by molar-refractivity contribution is -0.143. The van der Waals surface area contributed by atoms with Gasteiger partial charge in [-0.2, -0.15) is 0 Å². The third-order valence-corrected chi connectivity index (χ3v) is 4.65. The zero-order chi connectivity index (χ0) is 20.8. The van der Waals surface area contributed by atoms with Gasteiger partial charge in [-0.15, -0.1) is 0 Å². The number of primary amides is 1. The van der Waals surface area contributed by atoms with Crippen LogP contribution in [0.4, 0.5) is 0 Å². The molecule has 6 heteroatoms. The second-order valence-corrected chi connectivity index (χ2v) is 6.49. The monoisotopic (exact) mass is 392 g/mol. The van der Waals surface area contributed by atoms with Crippen molar-refractivity contribution in [3.8, 4) is 22.7 Å². The number of aromatic nitrogens is 1. The van der Waals surface area contributed by atoms with Gasteiger partial charge in [-0.3, -0.25) is 9.59 Å². The van der Waals surface area contributed by atoms with Gasteiger partial charge in [-0.05, 0) is 79.6 Å². The number of carbonyl (C=O) groups excluding carboxylic acids is 2. The molecular weight excluding hydrogens is 368 g/mol. The smallest absolute Gasteiger partial charge is 0.306 e. The van der Waals surface area contributed by atoms with Crippen molar-refractivity contribution in [3.05, 3.63) is 71.9 Å². The van der Waals surface area contributed by atoms with Crippen LogP contribution in [-0.4, -0.2) is 30.2 Å². The first-order valence-corrected chi connectivity index (χ1v) is 9.44. The van der Waals surface area contributed by atoms with E-state index in [1.165, 1.54) is 0 Å². The number of methoxy groups -OCH3 is 1. The number of hydrogen-bond acceptors (Lipinski definition) is 4. The third kappa shape index (κ3) is 4.66. The average Bonchev–Trinajstić information content (AvgIpc) is 3.16. The average molecular weight is 392 g/mol. The fourth-order valence-corrected chi connectivity index (χ4v) is 3.20. The first kappa shape index (κ1) is 20.2. The summed E-state index contributed by atoms with van der Waals surface area (Å²) in [5, 5.41) is 0. The highest BCUT2D eigenvalue weighted by Gasteiger charge is 2.14. The fourth-order valence-electron chi connectivity index (χ4n) is 3.20. The second-order valence-electron chi connectivity index (χ2n) is 6.49. The van der Waals surface area contributed by atoms with Gasteiger partial charge in [-0.25, -0.2) is 0 Å². The predicted octanol–water partition coefficient (Wildman–Crippen LogP) is 3.75. The normalized spacial score (nSPS) is 10.6. The quantitative estimate of drug-likeness (QED) is 0.592. The third-order valence-electron chi connectivity index (χ3n) is 4.65. The minimum absolute atomic E-state index is 0.227. The summed E-state index contributed by atoms with van der Waals surface area (Å²) in [6, 6.07) is 18.9. The molecule has 0 unspecified atom stereocenters. The minimum Gasteiger partial charge on any atom is -0.497 e. The Hall–Kier alpha value is -3.54. The van der Waals surface area contributed by atoms with Gasteiger partial charge < -0.3 is 19.8 Å². The van der Waals surface area contributed by atoms with Crippen molar-refractivity contribution in [1.29, 1.82) is 0 Å². The van der Waals surface area contributed by atoms with Crippen LogP contribution in [0.3, 0.4) is 0 Å². The molecule has 1 amide bonds. The Kier molecular flexibility index (Phi) is 6.34. The summed E-state index contributed by atoms with van der Waals surface area (Å²) < 4.78 is 12.4. The van der Waals surface area contributed by atoms with E-state index in [0.29, 0.717) is 25.0 Å². The van der Waals surface area contributed by atoms with Crippen LogP contribution < -0.4 is 10.5 Å². The molecule has 0 saturated heterocycles. The molecule has 1 aromatic heterocycles. The van der Waals surface area contributed by atoms with Crippen molar-refractivity contribution in [2.24, 2.45) is 5.73 Å². The summed E-state index contributed by atoms with van der Waals surface area (Å²) in [5.41, 5.74) is 9.63. The van der Waals surface area contributed by atoms with Gasteiger partial charge in [-0.1, -0.05) is 0 Å². The zero-order valence-corrected chi connectivity index (χ0v) is 16.6. The zero-order valence-electron chi connectivity index (χ0n) is 16.6. The summed E-state index contributed by atoms with van der Waals surface area (Å²) in [7, 11) is 1.63. The van der Waals surface area contributed by atoms with E-state index in [0.717, 1.165) is 28.4 Å². The molecule has 2 N–H and O–H groups in total. The molecule has 0 aliphatic carbocycles. The van der Waals surface area contributed by atoms with E-state index in [9.17, 15) is 9.59 Å². The van der Waals surface area contributed by atoms with Crippen LogP contribution in [0.2, 0.25) is 0 Å². The molecule has 0 aliphatic heterocycles. The molecule has 0 fully saturated rings. The van der Waals surface area contributed by atoms with Crippen molar-refractivity contribution in [2.45, 2.75) is 19.8 Å². The lowest BCUT2D eigenvalue weighted by atomic mass is 10.1. The first-order chi connectivity index (χ1) is 14.0. The van der Waals surface area contributed by atoms with Gasteiger partial charge in [0.2, 0.25) is 5.91 Å². The Bertz CT molecular complexity index is 989. The van der Waals surface area contributed by atoms with Crippen LogP contribution in [0, 0.1) is 0 Å². The number of nitrogens with zero attached hydrogens (tertiary/aromatic N) is 1. The van der Waals surface area contributed by atoms with Gasteiger partial charge in [0.15, 0.2) is 0 Å². The van der Waals surface area contributed by atoms with E-state index in [1.54, 1.807) is 26.2 Å². The second kappa shape index (κ2) is 9.10. The topological polar surface area (TPSA) is 83.6 Å². The Morgan fingerprint density at radius 3 is 2.24 bits per heavy atom. The SMILES string of the molecule is CCOC(=O)CCc1ccc(-c2ccc(OC)cc2)n1-c1ccc(C(N)=O)cc1. The molecule has 0 radical (unpaired) electrons. The highest BCUT2D eigenvalue weighted by atomic mass is 16.5. The standard InChI is InChI=1S/C23H24N2O4/c1-3-29-22(26)15-11-19-10-14-21(16-6-12-20(28-2)13-7-16)25(19)18-8-4-17(5-9-18)23(24)27/h4-10,12-14H,3,11,15H2,1-2H3,(H2,24,27). The number of benzene rings is 2. The number of carbonyl (C=O) groups is 2. The van der Waals surface area contributed by atoms with Crippen molar-refractivity contribution in [2.75, 3.05) is 13.7 Å². The number of nitrogens with two attached hydrogens (primary N) is 1. The molecule has 0 atom stereocenters. The van der Waals surface area contributed by atoms with E-state index < -0.39 is 5.91 Å². The van der Waals surface area contributed by atoms with Crippen LogP contribution in [0.5, 0.6) is 5.75 Å². The van der Waals surface area contributed by atoms with E-state index in [4.69, 9.17) is 15.2 Å². The molecule has 150 valence electrons. The first-order valence-electron chi connectivity index (χ1n) is 9.44. The maximum atomic E-state index is 11.8. The van der Waals surface area contributed by atoms with Crippen LogP contribution in [0.25, 0.3) is 16.9 Å². The van der Waals surface area contributed by atoms with Gasteiger partial charge >= 0.3 is 5.97 Å². The molecule has 0 spiro atoms. The summed E-state index contributed by atoms with van der Waals surface area (Å²) in [6.07, 6.45) is 0.825. The highest BCUT2D eigenvalue weighted by molar-refractivity contribution is 5.92. The summed E-state index contributed by atoms with van der Waals surface area (Å²) in [5.74, 6) is 0.0810. The van der Waals surface area contributed by atoms with Crippen molar-refractivity contribution >= 4 is 11.9 Å². The van der Waals surface area contributed by atoms with Gasteiger partial charge in [0, 0.05) is 16.9 Å². The fraction of sp³-hybridized carbons (Fsp3) is 0.217. The van der Waals surface area contributed by atoms with Crippen LogP contribution in [0.1, 0.15) is 29.4 Å². The lowest BCUT2D eigenvalue weighted by Crippen LogP contribution is -2.11. The molecule has 1 heterocycles. The van der Waals surface area contributed by atoms with Crippen LogP contribution in [0.15, 0.2) is 60.7 Å². The maximum absolute atomic E-state index is 11.8. The van der Waals surface area contributed by atoms with Crippen molar-refractivity contribution in [1.82, 2.24) is 4.57 Å². The van der Waals surface area contributed by atoms with Crippen molar-refractivity contribution < 1.29 is 19.1 Å². The van der Waals surface area contributed by atoms with Gasteiger partial charge in [0.25, 0.3) is 0 Å². The Morgan fingerprint density at radius 2 is 1.66 bits per heavy atom. The number of hydrogen-bond donors (Lipinski definition) is 1. The van der Waals surface area contributed by atoms with E-state index in [-0.39, 0.29) is 5.97 Å². The van der Waals surface area contributed by atoms with Crippen LogP contribution >= 0.6 is 0 Å². The molecule has 3 rings (SSSR count). The molecule has 0 aliphatic rings. The molecule has 2 aromatic carbocycles. The Balaban J connectivity index is 2.01. The maximum Gasteiger partial charge on any atom is 0.306 e. The molecule has 0 bridgehead atoms. The van der Waals surface area contributed by atoms with E-state index in [2.05, 4.69) is 4.57 Å². The van der Waals surface area contributed by atoms with Crippen LogP contribution in [-0.2, 0) is 16.0 Å². The number of aryl methyl sites for hydroxylation is 1. The summed E-state index contributed by atoms with van der Waals surface area (Å²) in [6.45, 7) is 2.16. The van der Waals surface area contributed by atoms with Gasteiger partial charge in [0.1, 0.15) is 5.75 Å². The van der Waals surface area contributed by atoms with E-state index >= 15 is 0 Å². The van der Waals surface area contributed by atoms with Crippen molar-refractivity contribution in [3.63, 3.8) is 0 Å². The molecule has 29 heavy (non-hydrogen) atoms. The lowest BCUT2D eigenvalue weighted by Gasteiger charge is -2.15. The largest absolute Gasteiger partial charge is 0.497 e. The number of amides is 1. The van der Waals surface area contributed by atoms with Gasteiger partial charge in [0.05, 0.1) is 25.8 Å². The highest BCUT2D eigenvalue weighted by Crippen LogP contribution is 2.29. The molecule has 6 nitrogen and oxygen atoms in total.